The van der Waals surface area contributed by atoms with E-state index in [1.165, 1.54) is 21.7 Å². The molecule has 0 unspecified atom stereocenters. The van der Waals surface area contributed by atoms with Gasteiger partial charge in [0.15, 0.2) is 0 Å². The van der Waals surface area contributed by atoms with Crippen molar-refractivity contribution in [1.82, 2.24) is 0 Å². The molecule has 0 aliphatic rings. The average molecular weight is 324 g/mol. The van der Waals surface area contributed by atoms with Crippen LogP contribution in [0.2, 0.25) is 0 Å². The van der Waals surface area contributed by atoms with Crippen molar-refractivity contribution in [2.75, 3.05) is 0 Å². The lowest BCUT2D eigenvalue weighted by molar-refractivity contribution is 1.46. The van der Waals surface area contributed by atoms with Gasteiger partial charge < -0.3 is 0 Å². The molecule has 0 N–H and O–H groups in total. The van der Waals surface area contributed by atoms with Gasteiger partial charge in [0.25, 0.3) is 0 Å². The Balaban J connectivity index is 1.96. The maximum absolute atomic E-state index is 4.62. The van der Waals surface area contributed by atoms with Gasteiger partial charge in [0.05, 0.1) is 0 Å². The molecule has 0 aromatic heterocycles. The minimum Gasteiger partial charge on any atom is -0.142 e. The molecule has 4 rings (SSSR count). The van der Waals surface area contributed by atoms with E-state index in [-0.39, 0.29) is 0 Å². The van der Waals surface area contributed by atoms with Crippen molar-refractivity contribution in [3.05, 3.63) is 89.5 Å². The third-order valence-electron chi connectivity index (χ3n) is 4.36. The van der Waals surface area contributed by atoms with E-state index in [9.17, 15) is 0 Å². The van der Waals surface area contributed by atoms with Crippen molar-refractivity contribution in [1.29, 1.82) is 0 Å². The van der Waals surface area contributed by atoms with Gasteiger partial charge in [0, 0.05) is 16.0 Å². The van der Waals surface area contributed by atoms with Crippen molar-refractivity contribution in [3.63, 3.8) is 0 Å². The molecule has 0 radical (unpaired) electrons. The molecule has 0 atom stereocenters. The van der Waals surface area contributed by atoms with E-state index >= 15 is 0 Å². The molecule has 4 aromatic carbocycles. The van der Waals surface area contributed by atoms with Crippen LogP contribution in [-0.2, 0) is 0 Å². The Hall–Kier alpha value is -2.69. The molecule has 0 saturated heterocycles. The molecule has 0 bridgehead atoms. The third kappa shape index (κ3) is 2.56. The monoisotopic (exact) mass is 324 g/mol. The van der Waals surface area contributed by atoms with Crippen LogP contribution in [0.25, 0.3) is 21.5 Å². The first kappa shape index (κ1) is 14.9. The van der Waals surface area contributed by atoms with E-state index in [2.05, 4.69) is 86.0 Å². The highest BCUT2D eigenvalue weighted by Crippen LogP contribution is 2.25. The van der Waals surface area contributed by atoms with Crippen LogP contribution in [-0.4, -0.2) is 0 Å². The van der Waals surface area contributed by atoms with E-state index < -0.39 is 0 Å². The predicted molar refractivity (Wildman–Crippen MR) is 106 cm³/mol. The molecule has 114 valence electrons. The van der Waals surface area contributed by atoms with E-state index in [0.29, 0.717) is 0 Å². The summed E-state index contributed by atoms with van der Waals surface area (Å²) >= 11 is 4.62. The topological polar surface area (TPSA) is 0 Å². The number of fused-ring (bicyclic) bond motifs is 2. The Bertz CT molecular complexity index is 1040. The fraction of sp³-hybridized carbons (Fsp3) is 0.0435. The highest BCUT2D eigenvalue weighted by molar-refractivity contribution is 7.80. The van der Waals surface area contributed by atoms with Gasteiger partial charge in [0.1, 0.15) is 0 Å². The SMILES string of the molecule is Cc1ccc2ccccc2c1C#Cc1c(S)ccc2ccccc12. The van der Waals surface area contributed by atoms with Crippen LogP contribution in [0, 0.1) is 18.8 Å². The number of aryl methyl sites for hydroxylation is 1. The van der Waals surface area contributed by atoms with Gasteiger partial charge in [-0.1, -0.05) is 78.6 Å². The van der Waals surface area contributed by atoms with E-state index in [0.717, 1.165) is 21.4 Å². The minimum absolute atomic E-state index is 0.916. The van der Waals surface area contributed by atoms with Crippen LogP contribution in [0.5, 0.6) is 0 Å². The van der Waals surface area contributed by atoms with E-state index in [1.807, 2.05) is 18.2 Å². The quantitative estimate of drug-likeness (QED) is 0.298. The summed E-state index contributed by atoms with van der Waals surface area (Å²) in [5.41, 5.74) is 3.28. The van der Waals surface area contributed by atoms with Gasteiger partial charge in [-0.25, -0.2) is 0 Å². The number of rotatable bonds is 0. The number of hydrogen-bond donors (Lipinski definition) is 1. The van der Waals surface area contributed by atoms with Gasteiger partial charge >= 0.3 is 0 Å². The zero-order valence-electron chi connectivity index (χ0n) is 13.4. The first-order chi connectivity index (χ1) is 11.7. The second kappa shape index (κ2) is 6.07. The summed E-state index contributed by atoms with van der Waals surface area (Å²) < 4.78 is 0. The van der Waals surface area contributed by atoms with Crippen molar-refractivity contribution >= 4 is 34.2 Å². The number of benzene rings is 4. The Labute approximate surface area is 147 Å². The van der Waals surface area contributed by atoms with Crippen molar-refractivity contribution < 1.29 is 0 Å². The fourth-order valence-electron chi connectivity index (χ4n) is 3.06. The van der Waals surface area contributed by atoms with Crippen molar-refractivity contribution in [3.8, 4) is 11.8 Å². The zero-order chi connectivity index (χ0) is 16.5. The smallest absolute Gasteiger partial charge is 0.0460 e. The summed E-state index contributed by atoms with van der Waals surface area (Å²) in [5, 5.41) is 4.76. The molecule has 4 aromatic rings. The van der Waals surface area contributed by atoms with Crippen LogP contribution >= 0.6 is 12.6 Å². The molecule has 0 fully saturated rings. The predicted octanol–water partition coefficient (Wildman–Crippen LogP) is 5.99. The summed E-state index contributed by atoms with van der Waals surface area (Å²) in [6, 6.07) is 25.1. The first-order valence-electron chi connectivity index (χ1n) is 7.95. The lowest BCUT2D eigenvalue weighted by atomic mass is 9.99. The van der Waals surface area contributed by atoms with Crippen LogP contribution in [0.4, 0.5) is 0 Å². The van der Waals surface area contributed by atoms with E-state index in [1.54, 1.807) is 0 Å². The maximum Gasteiger partial charge on any atom is 0.0460 e. The standard InChI is InChI=1S/C23H16S/c1-16-10-11-17-6-2-4-8-20(17)19(16)13-14-22-21-9-5-3-7-18(21)12-15-23(22)24/h2-12,15,24H,1H3. The highest BCUT2D eigenvalue weighted by atomic mass is 32.1. The molecule has 0 nitrogen and oxygen atoms in total. The van der Waals surface area contributed by atoms with Gasteiger partial charge in [-0.2, -0.15) is 0 Å². The fourth-order valence-corrected chi connectivity index (χ4v) is 3.31. The van der Waals surface area contributed by atoms with Gasteiger partial charge in [-0.05, 0) is 40.1 Å². The molecule has 0 spiro atoms. The Morgan fingerprint density at radius 1 is 0.625 bits per heavy atom. The number of hydrogen-bond acceptors (Lipinski definition) is 1. The summed E-state index contributed by atoms with van der Waals surface area (Å²) in [6.45, 7) is 2.11. The lowest BCUT2D eigenvalue weighted by Crippen LogP contribution is -1.87. The molecule has 0 aliphatic heterocycles. The molecule has 0 amide bonds. The number of thiol groups is 1. The first-order valence-corrected chi connectivity index (χ1v) is 8.40. The highest BCUT2D eigenvalue weighted by Gasteiger charge is 2.04. The van der Waals surface area contributed by atoms with Crippen LogP contribution in [0.1, 0.15) is 16.7 Å². The Morgan fingerprint density at radius 3 is 1.88 bits per heavy atom. The van der Waals surface area contributed by atoms with Crippen LogP contribution < -0.4 is 0 Å². The maximum atomic E-state index is 4.62. The lowest BCUT2D eigenvalue weighted by Gasteiger charge is -2.06. The molecule has 0 saturated carbocycles. The minimum atomic E-state index is 0.916. The summed E-state index contributed by atoms with van der Waals surface area (Å²) in [7, 11) is 0. The van der Waals surface area contributed by atoms with Gasteiger partial charge in [0.2, 0.25) is 0 Å². The second-order valence-corrected chi connectivity index (χ2v) is 6.39. The average Bonchev–Trinajstić information content (AvgIpc) is 2.62. The van der Waals surface area contributed by atoms with Crippen molar-refractivity contribution in [2.24, 2.45) is 0 Å². The van der Waals surface area contributed by atoms with Crippen LogP contribution in [0.15, 0.2) is 77.7 Å². The molecule has 0 heterocycles. The molecular weight excluding hydrogens is 308 g/mol. The second-order valence-electron chi connectivity index (χ2n) is 5.91. The molecule has 0 aliphatic carbocycles. The van der Waals surface area contributed by atoms with Gasteiger partial charge in [-0.15, -0.1) is 12.6 Å². The molecule has 1 heteroatoms. The normalized spacial score (nSPS) is 10.6. The summed E-state index contributed by atoms with van der Waals surface area (Å²) in [6.07, 6.45) is 0. The largest absolute Gasteiger partial charge is 0.142 e. The van der Waals surface area contributed by atoms with Gasteiger partial charge in [-0.3, -0.25) is 0 Å². The van der Waals surface area contributed by atoms with E-state index in [4.69, 9.17) is 0 Å². The zero-order valence-corrected chi connectivity index (χ0v) is 14.3. The summed E-state index contributed by atoms with van der Waals surface area (Å²) in [4.78, 5) is 0.916. The Morgan fingerprint density at radius 2 is 1.17 bits per heavy atom. The van der Waals surface area contributed by atoms with Crippen LogP contribution in [0.3, 0.4) is 0 Å². The summed E-state index contributed by atoms with van der Waals surface area (Å²) in [5.74, 6) is 6.79. The molecular formula is C23H16S. The molecule has 24 heavy (non-hydrogen) atoms. The van der Waals surface area contributed by atoms with Crippen molar-refractivity contribution in [2.45, 2.75) is 11.8 Å². The Kier molecular flexibility index (Phi) is 3.76. The third-order valence-corrected chi connectivity index (χ3v) is 4.73.